The third-order valence-electron chi connectivity index (χ3n) is 0.558. The number of azo groups is 1. The van der Waals surface area contributed by atoms with E-state index in [0.29, 0.717) is 0 Å². The fraction of sp³-hybridized carbons (Fsp3) is 0. The molecule has 0 radical (unpaired) electrons. The quantitative estimate of drug-likeness (QED) is 0.396. The van der Waals surface area contributed by atoms with Crippen molar-refractivity contribution in [3.63, 3.8) is 0 Å². The van der Waals surface area contributed by atoms with E-state index in [1.807, 2.05) is 0 Å². The number of hydrogen-bond donors (Lipinski definition) is 0. The van der Waals surface area contributed by atoms with Gasteiger partial charge in [0.15, 0.2) is 0 Å². The van der Waals surface area contributed by atoms with Crippen LogP contribution in [0.25, 0.3) is 0 Å². The lowest BCUT2D eigenvalue weighted by Gasteiger charge is -1.85. The molecule has 1 aliphatic heterocycles. The van der Waals surface area contributed by atoms with Crippen molar-refractivity contribution in [2.45, 2.75) is 0 Å². The van der Waals surface area contributed by atoms with Gasteiger partial charge in [-0.25, -0.2) is 0 Å². The molecule has 2 amide bonds. The molecule has 5 nitrogen and oxygen atoms in total. The maximum atomic E-state index is 10.1. The van der Waals surface area contributed by atoms with Gasteiger partial charge in [-0.3, -0.25) is 9.59 Å². The van der Waals surface area contributed by atoms with Gasteiger partial charge in [-0.05, 0) is 0 Å². The Kier molecular flexibility index (Phi) is 0.957. The molecule has 0 aromatic carbocycles. The minimum atomic E-state index is -0.910. The molecule has 1 heterocycles. The van der Waals surface area contributed by atoms with E-state index in [4.69, 9.17) is 0 Å². The first kappa shape index (κ1) is 4.76. The Morgan fingerprint density at radius 2 is 2.00 bits per heavy atom. The van der Waals surface area contributed by atoms with Crippen molar-refractivity contribution in [2.75, 3.05) is 0 Å². The van der Waals surface area contributed by atoms with Gasteiger partial charge >= 0.3 is 11.8 Å². The highest BCUT2D eigenvalue weighted by Crippen LogP contribution is 1.87. The van der Waals surface area contributed by atoms with Crippen molar-refractivity contribution in [3.05, 3.63) is 0 Å². The second-order valence-electron chi connectivity index (χ2n) is 1.07. The topological polar surface area (TPSA) is 71.2 Å². The van der Waals surface area contributed by atoms with E-state index in [2.05, 4.69) is 15.2 Å². The zero-order valence-corrected chi connectivity index (χ0v) is 3.74. The van der Waals surface area contributed by atoms with Gasteiger partial charge in [0.05, 0.1) is 0 Å². The van der Waals surface area contributed by atoms with E-state index in [-0.39, 0.29) is 0 Å². The first-order valence-corrected chi connectivity index (χ1v) is 1.82. The van der Waals surface area contributed by atoms with Gasteiger partial charge in [0.25, 0.3) is 0 Å². The summed E-state index contributed by atoms with van der Waals surface area (Å²) in [5, 5.41) is 5.97. The minimum Gasteiger partial charge on any atom is -0.261 e. The van der Waals surface area contributed by atoms with E-state index in [1.165, 1.54) is 0 Å². The fourth-order valence-corrected chi connectivity index (χ4v) is 0.255. The van der Waals surface area contributed by atoms with Crippen molar-refractivity contribution in [3.8, 4) is 0 Å². The normalized spacial score (nSPS) is 17.5. The molecule has 0 unspecified atom stereocenters. The lowest BCUT2D eigenvalue weighted by Crippen LogP contribution is -2.09. The summed E-state index contributed by atoms with van der Waals surface area (Å²) in [5.74, 6) is -1.77. The molecule has 0 fully saturated rings. The molecule has 0 atom stereocenters. The molecule has 0 aliphatic carbocycles. The van der Waals surface area contributed by atoms with Crippen LogP contribution in [0.3, 0.4) is 0 Å². The zero-order valence-electron chi connectivity index (χ0n) is 3.74. The highest BCUT2D eigenvalue weighted by Gasteiger charge is 2.12. The van der Waals surface area contributed by atoms with Crippen molar-refractivity contribution < 1.29 is 9.59 Å². The number of carbonyl (C=O) groups excluding carboxylic acids is 2. The lowest BCUT2D eigenvalue weighted by molar-refractivity contribution is -0.135. The Bertz CT molecular complexity index is 171. The van der Waals surface area contributed by atoms with Gasteiger partial charge in [-0.15, -0.1) is 10.2 Å². The van der Waals surface area contributed by atoms with Crippen LogP contribution in [0.15, 0.2) is 15.2 Å². The van der Waals surface area contributed by atoms with Crippen LogP contribution in [0.1, 0.15) is 0 Å². The average molecular weight is 111 g/mol. The molecule has 0 saturated heterocycles. The Balaban J connectivity index is 2.89. The summed E-state index contributed by atoms with van der Waals surface area (Å²) in [6.45, 7) is 0. The van der Waals surface area contributed by atoms with E-state index < -0.39 is 11.8 Å². The number of rotatable bonds is 0. The smallest absolute Gasteiger partial charge is 0.261 e. The van der Waals surface area contributed by atoms with E-state index in [9.17, 15) is 9.59 Å². The van der Waals surface area contributed by atoms with Gasteiger partial charge < -0.3 is 0 Å². The number of hydrogen-bond acceptors (Lipinski definition) is 3. The molecule has 0 N–H and O–H groups in total. The Hall–Kier alpha value is -1.39. The molecular formula is C3HN3O2. The highest BCUT2D eigenvalue weighted by atomic mass is 16.2. The predicted molar refractivity (Wildman–Crippen MR) is 23.4 cm³/mol. The SMILES string of the molecule is O=C1N=CN=NC1=O. The van der Waals surface area contributed by atoms with Gasteiger partial charge in [0.1, 0.15) is 6.34 Å². The van der Waals surface area contributed by atoms with Crippen LogP contribution >= 0.6 is 0 Å². The van der Waals surface area contributed by atoms with Crippen LogP contribution in [-0.2, 0) is 9.59 Å². The largest absolute Gasteiger partial charge is 0.355 e. The van der Waals surface area contributed by atoms with E-state index >= 15 is 0 Å². The molecule has 0 saturated carbocycles. The summed E-state index contributed by atoms with van der Waals surface area (Å²) >= 11 is 0. The molecule has 1 aliphatic rings. The molecule has 5 heteroatoms. The van der Waals surface area contributed by atoms with Crippen LogP contribution in [0.5, 0.6) is 0 Å². The lowest BCUT2D eigenvalue weighted by atomic mass is 10.6. The van der Waals surface area contributed by atoms with Crippen molar-refractivity contribution in [1.29, 1.82) is 0 Å². The summed E-state index contributed by atoms with van der Waals surface area (Å²) in [6.07, 6.45) is 0.934. The number of carbonyl (C=O) groups is 2. The summed E-state index contributed by atoms with van der Waals surface area (Å²) in [5.41, 5.74) is 0. The van der Waals surface area contributed by atoms with Crippen LogP contribution in [0.2, 0.25) is 0 Å². The van der Waals surface area contributed by atoms with Gasteiger partial charge in [-0.2, -0.15) is 4.99 Å². The molecule has 1 rings (SSSR count). The Morgan fingerprint density at radius 3 is 2.38 bits per heavy atom. The van der Waals surface area contributed by atoms with Gasteiger partial charge in [0, 0.05) is 0 Å². The van der Waals surface area contributed by atoms with Crippen molar-refractivity contribution in [2.24, 2.45) is 15.2 Å². The summed E-state index contributed by atoms with van der Waals surface area (Å²) in [7, 11) is 0. The summed E-state index contributed by atoms with van der Waals surface area (Å²) in [6, 6.07) is 0. The fourth-order valence-electron chi connectivity index (χ4n) is 0.255. The second-order valence-corrected chi connectivity index (χ2v) is 1.07. The summed E-state index contributed by atoms with van der Waals surface area (Å²) in [4.78, 5) is 23.2. The molecule has 0 aromatic heterocycles. The Morgan fingerprint density at radius 1 is 1.25 bits per heavy atom. The molecule has 0 aromatic rings. The number of aliphatic imine (C=N–C) groups is 1. The molecule has 8 heavy (non-hydrogen) atoms. The highest BCUT2D eigenvalue weighted by molar-refractivity contribution is 6.37. The zero-order chi connectivity index (χ0) is 5.98. The monoisotopic (exact) mass is 111 g/mol. The number of amides is 2. The van der Waals surface area contributed by atoms with Crippen LogP contribution in [-0.4, -0.2) is 18.2 Å². The second kappa shape index (κ2) is 1.61. The number of nitrogens with zero attached hydrogens (tertiary/aromatic N) is 3. The molecule has 0 bridgehead atoms. The van der Waals surface area contributed by atoms with Crippen molar-refractivity contribution >= 4 is 18.2 Å². The molecule has 40 valence electrons. The van der Waals surface area contributed by atoms with Crippen molar-refractivity contribution in [1.82, 2.24) is 0 Å². The average Bonchev–Trinajstić information content (AvgIpc) is 1.77. The minimum absolute atomic E-state index is 0.861. The first-order chi connectivity index (χ1) is 3.80. The predicted octanol–water partition coefficient (Wildman–Crippen LogP) is -0.466. The standard InChI is InChI=1S/C3HN3O2/c7-2-3(8)6-5-1-4-2/h1H. The summed E-state index contributed by atoms with van der Waals surface area (Å²) < 4.78 is 0. The van der Waals surface area contributed by atoms with E-state index in [0.717, 1.165) is 6.34 Å². The Labute approximate surface area is 44.1 Å². The third kappa shape index (κ3) is 0.651. The van der Waals surface area contributed by atoms with Gasteiger partial charge in [-0.1, -0.05) is 0 Å². The molecule has 0 spiro atoms. The van der Waals surface area contributed by atoms with Gasteiger partial charge in [0.2, 0.25) is 0 Å². The maximum Gasteiger partial charge on any atom is 0.355 e. The van der Waals surface area contributed by atoms with Crippen LogP contribution in [0.4, 0.5) is 0 Å². The maximum absolute atomic E-state index is 10.1. The van der Waals surface area contributed by atoms with Crippen LogP contribution < -0.4 is 0 Å². The van der Waals surface area contributed by atoms with Crippen LogP contribution in [0, 0.1) is 0 Å². The molecular weight excluding hydrogens is 110 g/mol. The third-order valence-corrected chi connectivity index (χ3v) is 0.558. The van der Waals surface area contributed by atoms with E-state index in [1.54, 1.807) is 0 Å². The first-order valence-electron chi connectivity index (χ1n) is 1.82.